The van der Waals surface area contributed by atoms with E-state index in [0.717, 1.165) is 0 Å². The van der Waals surface area contributed by atoms with Crippen LogP contribution in [-0.2, 0) is 9.47 Å². The lowest BCUT2D eigenvalue weighted by molar-refractivity contribution is 0.113. The summed E-state index contributed by atoms with van der Waals surface area (Å²) < 4.78 is 9.08. The van der Waals surface area contributed by atoms with Gasteiger partial charge in [-0.25, -0.2) is 9.59 Å². The van der Waals surface area contributed by atoms with Crippen LogP contribution in [-0.4, -0.2) is 61.0 Å². The summed E-state index contributed by atoms with van der Waals surface area (Å²) in [6.07, 6.45) is -0.974. The van der Waals surface area contributed by atoms with Gasteiger partial charge in [-0.2, -0.15) is 25.3 Å². The predicted octanol–water partition coefficient (Wildman–Crippen LogP) is 0.898. The third kappa shape index (κ3) is 4.84. The molecule has 6 nitrogen and oxygen atoms in total. The van der Waals surface area contributed by atoms with E-state index in [1.54, 1.807) is 0 Å². The monoisotopic (exact) mass is 268 g/mol. The Bertz CT molecular complexity index is 216. The minimum atomic E-state index is -0.487. The molecule has 0 fully saturated rings. The zero-order valence-corrected chi connectivity index (χ0v) is 11.0. The smallest absolute Gasteiger partial charge is 0.410 e. The highest BCUT2D eigenvalue weighted by atomic mass is 32.1. The Morgan fingerprint density at radius 3 is 1.44 bits per heavy atom. The number of hydrogen-bond acceptors (Lipinski definition) is 6. The number of ether oxygens (including phenoxy) is 2. The number of methoxy groups -OCH3 is 2. The fourth-order valence-electron chi connectivity index (χ4n) is 0.939. The molecule has 94 valence electrons. The van der Waals surface area contributed by atoms with E-state index in [4.69, 9.17) is 0 Å². The van der Waals surface area contributed by atoms with Crippen LogP contribution in [0.25, 0.3) is 0 Å². The summed E-state index contributed by atoms with van der Waals surface area (Å²) >= 11 is 7.97. The predicted molar refractivity (Wildman–Crippen MR) is 65.9 cm³/mol. The fourth-order valence-corrected chi connectivity index (χ4v) is 1.45. The third-order valence-electron chi connectivity index (χ3n) is 1.85. The van der Waals surface area contributed by atoms with Gasteiger partial charge >= 0.3 is 12.2 Å². The first kappa shape index (κ1) is 15.2. The van der Waals surface area contributed by atoms with Crippen molar-refractivity contribution in [3.8, 4) is 0 Å². The molecule has 0 aromatic heterocycles. The molecule has 0 aliphatic carbocycles. The van der Waals surface area contributed by atoms with Crippen molar-refractivity contribution in [2.75, 3.05) is 39.1 Å². The zero-order chi connectivity index (χ0) is 12.6. The Labute approximate surface area is 106 Å². The molecule has 0 aromatic rings. The highest BCUT2D eigenvalue weighted by molar-refractivity contribution is 7.80. The molecular formula is C8H16N2O4S2. The lowest BCUT2D eigenvalue weighted by atomic mass is 10.5. The standard InChI is InChI=1S/C8H16N2O4S2/c1-13-7(11)9(5-15)3-4-10(6-16)8(12)14-2/h15-16H,3-6H2,1-2H3. The Morgan fingerprint density at radius 2 is 1.25 bits per heavy atom. The van der Waals surface area contributed by atoms with Gasteiger partial charge in [-0.1, -0.05) is 0 Å². The molecule has 0 saturated carbocycles. The van der Waals surface area contributed by atoms with Crippen molar-refractivity contribution in [1.82, 2.24) is 9.80 Å². The summed E-state index contributed by atoms with van der Waals surface area (Å²) in [4.78, 5) is 25.1. The van der Waals surface area contributed by atoms with Crippen molar-refractivity contribution in [3.05, 3.63) is 0 Å². The maximum Gasteiger partial charge on any atom is 0.410 e. The quantitative estimate of drug-likeness (QED) is 0.574. The Balaban J connectivity index is 4.17. The van der Waals surface area contributed by atoms with Crippen molar-refractivity contribution in [2.45, 2.75) is 0 Å². The molecule has 0 bridgehead atoms. The van der Waals surface area contributed by atoms with Gasteiger partial charge in [0.25, 0.3) is 0 Å². The van der Waals surface area contributed by atoms with Crippen LogP contribution in [0.15, 0.2) is 0 Å². The number of rotatable bonds is 5. The molecular weight excluding hydrogens is 252 g/mol. The van der Waals surface area contributed by atoms with E-state index in [1.165, 1.54) is 24.0 Å². The molecule has 0 heterocycles. The van der Waals surface area contributed by atoms with Crippen LogP contribution in [0.2, 0.25) is 0 Å². The second kappa shape index (κ2) is 8.40. The van der Waals surface area contributed by atoms with Crippen molar-refractivity contribution < 1.29 is 19.1 Å². The molecule has 2 amide bonds. The molecule has 0 aromatic carbocycles. The van der Waals surface area contributed by atoms with Gasteiger partial charge < -0.3 is 9.47 Å². The second-order valence-corrected chi connectivity index (χ2v) is 3.32. The number of carbonyl (C=O) groups excluding carboxylic acids is 2. The van der Waals surface area contributed by atoms with Crippen molar-refractivity contribution >= 4 is 37.4 Å². The molecule has 0 radical (unpaired) electrons. The lowest BCUT2D eigenvalue weighted by Gasteiger charge is -2.23. The zero-order valence-electron chi connectivity index (χ0n) is 9.25. The van der Waals surface area contributed by atoms with Gasteiger partial charge in [-0.15, -0.1) is 0 Å². The maximum absolute atomic E-state index is 11.2. The molecule has 0 aliphatic rings. The number of amides is 2. The average molecular weight is 268 g/mol. The summed E-state index contributed by atoms with van der Waals surface area (Å²) in [6.45, 7) is 0.623. The van der Waals surface area contributed by atoms with E-state index in [9.17, 15) is 9.59 Å². The van der Waals surface area contributed by atoms with Gasteiger partial charge in [0.05, 0.1) is 26.0 Å². The van der Waals surface area contributed by atoms with E-state index >= 15 is 0 Å². The van der Waals surface area contributed by atoms with Crippen molar-refractivity contribution in [1.29, 1.82) is 0 Å². The van der Waals surface area contributed by atoms with Crippen LogP contribution in [0.4, 0.5) is 9.59 Å². The van der Waals surface area contributed by atoms with E-state index in [2.05, 4.69) is 34.7 Å². The third-order valence-corrected chi connectivity index (χ3v) is 2.53. The summed E-state index contributed by atoms with van der Waals surface area (Å²) in [7, 11) is 2.57. The van der Waals surface area contributed by atoms with Gasteiger partial charge in [0, 0.05) is 13.1 Å². The highest BCUT2D eigenvalue weighted by Crippen LogP contribution is 2.00. The van der Waals surface area contributed by atoms with Crippen molar-refractivity contribution in [3.63, 3.8) is 0 Å². The fraction of sp³-hybridized carbons (Fsp3) is 0.750. The number of carbonyl (C=O) groups is 2. The summed E-state index contributed by atoms with van der Waals surface area (Å²) in [5, 5.41) is 0. The largest absolute Gasteiger partial charge is 0.453 e. The minimum Gasteiger partial charge on any atom is -0.453 e. The maximum atomic E-state index is 11.2. The summed E-state index contributed by atoms with van der Waals surface area (Å²) in [5.74, 6) is 0.433. The molecule has 0 aliphatic heterocycles. The molecule has 0 unspecified atom stereocenters. The summed E-state index contributed by atoms with van der Waals surface area (Å²) in [6, 6.07) is 0. The van der Waals surface area contributed by atoms with E-state index in [-0.39, 0.29) is 11.8 Å². The van der Waals surface area contributed by atoms with Crippen LogP contribution >= 0.6 is 25.3 Å². The van der Waals surface area contributed by atoms with Gasteiger partial charge in [0.2, 0.25) is 0 Å². The number of thiol groups is 2. The second-order valence-electron chi connectivity index (χ2n) is 2.75. The van der Waals surface area contributed by atoms with E-state index in [0.29, 0.717) is 13.1 Å². The molecule has 0 N–H and O–H groups in total. The van der Waals surface area contributed by atoms with Crippen LogP contribution in [0.1, 0.15) is 0 Å². The van der Waals surface area contributed by atoms with Gasteiger partial charge in [0.15, 0.2) is 0 Å². The number of nitrogens with zero attached hydrogens (tertiary/aromatic N) is 2. The molecule has 0 saturated heterocycles. The van der Waals surface area contributed by atoms with Crippen LogP contribution in [0.5, 0.6) is 0 Å². The Morgan fingerprint density at radius 1 is 0.938 bits per heavy atom. The van der Waals surface area contributed by atoms with Crippen LogP contribution in [0.3, 0.4) is 0 Å². The topological polar surface area (TPSA) is 59.1 Å². The van der Waals surface area contributed by atoms with Gasteiger partial charge in [-0.05, 0) is 0 Å². The minimum absolute atomic E-state index is 0.217. The lowest BCUT2D eigenvalue weighted by Crippen LogP contribution is -2.40. The highest BCUT2D eigenvalue weighted by Gasteiger charge is 2.16. The van der Waals surface area contributed by atoms with Crippen LogP contribution < -0.4 is 0 Å². The van der Waals surface area contributed by atoms with Crippen molar-refractivity contribution in [2.24, 2.45) is 0 Å². The first-order valence-electron chi connectivity index (χ1n) is 4.48. The number of hydrogen-bond donors (Lipinski definition) is 2. The summed E-state index contributed by atoms with van der Waals surface area (Å²) in [5.41, 5.74) is 0. The Hall–Kier alpha value is -0.760. The normalized spacial score (nSPS) is 9.50. The molecule has 0 atom stereocenters. The van der Waals surface area contributed by atoms with E-state index < -0.39 is 12.2 Å². The van der Waals surface area contributed by atoms with Gasteiger partial charge in [-0.3, -0.25) is 9.80 Å². The SMILES string of the molecule is COC(=O)N(CS)CCN(CS)C(=O)OC. The Kier molecular flexibility index (Phi) is 8.00. The van der Waals surface area contributed by atoms with E-state index in [1.807, 2.05) is 0 Å². The first-order chi connectivity index (χ1) is 7.60. The average Bonchev–Trinajstić information content (AvgIpc) is 2.33. The molecule has 0 spiro atoms. The first-order valence-corrected chi connectivity index (χ1v) is 5.74. The van der Waals surface area contributed by atoms with Crippen LogP contribution in [0, 0.1) is 0 Å². The molecule has 16 heavy (non-hydrogen) atoms. The molecule has 0 rings (SSSR count). The molecule has 8 heteroatoms. The van der Waals surface area contributed by atoms with Gasteiger partial charge in [0.1, 0.15) is 0 Å².